The molecular weight excluding hydrogens is 220 g/mol. The number of nitrogens with zero attached hydrogens (tertiary/aromatic N) is 1. The second-order valence-electron chi connectivity index (χ2n) is 5.09. The van der Waals surface area contributed by atoms with Gasteiger partial charge in [-0.15, -0.1) is 0 Å². The van der Waals surface area contributed by atoms with E-state index in [0.717, 1.165) is 32.2 Å². The van der Waals surface area contributed by atoms with Crippen LogP contribution in [-0.2, 0) is 9.53 Å². The van der Waals surface area contributed by atoms with Crippen LogP contribution >= 0.6 is 0 Å². The van der Waals surface area contributed by atoms with Crippen molar-refractivity contribution < 1.29 is 14.6 Å². The number of aliphatic hydroxyl groups excluding tert-OH is 1. The van der Waals surface area contributed by atoms with Gasteiger partial charge in [-0.1, -0.05) is 12.8 Å². The number of morpholine rings is 1. The molecule has 2 N–H and O–H groups in total. The van der Waals surface area contributed by atoms with Gasteiger partial charge in [0.25, 0.3) is 5.91 Å². The van der Waals surface area contributed by atoms with Crippen molar-refractivity contribution in [2.24, 2.45) is 0 Å². The predicted octanol–water partition coefficient (Wildman–Crippen LogP) is -0.263. The van der Waals surface area contributed by atoms with E-state index >= 15 is 0 Å². The third kappa shape index (κ3) is 3.40. The molecule has 1 aliphatic carbocycles. The molecule has 1 saturated carbocycles. The Balaban J connectivity index is 1.83. The van der Waals surface area contributed by atoms with Gasteiger partial charge in [-0.2, -0.15) is 0 Å². The number of carbonyl (C=O) groups is 1. The number of hydrogen-bond acceptors (Lipinski definition) is 4. The Kier molecular flexibility index (Phi) is 4.36. The predicted molar refractivity (Wildman–Crippen MR) is 63.6 cm³/mol. The molecule has 0 spiro atoms. The summed E-state index contributed by atoms with van der Waals surface area (Å²) in [5.74, 6) is -0.0810. The van der Waals surface area contributed by atoms with Gasteiger partial charge in [-0.05, 0) is 19.9 Å². The van der Waals surface area contributed by atoms with Gasteiger partial charge in [0, 0.05) is 13.1 Å². The average Bonchev–Trinajstić information content (AvgIpc) is 2.32. The van der Waals surface area contributed by atoms with E-state index in [1.807, 2.05) is 7.05 Å². The number of aliphatic hydroxyl groups is 1. The van der Waals surface area contributed by atoms with Crippen molar-refractivity contribution in [2.45, 2.75) is 43.9 Å². The molecule has 0 bridgehead atoms. The Bertz CT molecular complexity index is 272. The fourth-order valence-corrected chi connectivity index (χ4v) is 2.49. The third-order valence-electron chi connectivity index (χ3n) is 3.62. The lowest BCUT2D eigenvalue weighted by atomic mass is 9.92. The molecule has 2 aliphatic rings. The molecule has 1 amide bonds. The van der Waals surface area contributed by atoms with E-state index in [2.05, 4.69) is 10.2 Å². The van der Waals surface area contributed by atoms with E-state index in [0.29, 0.717) is 13.2 Å². The first kappa shape index (κ1) is 12.8. The summed E-state index contributed by atoms with van der Waals surface area (Å²) in [7, 11) is 1.98. The lowest BCUT2D eigenvalue weighted by Crippen LogP contribution is -2.53. The summed E-state index contributed by atoms with van der Waals surface area (Å²) >= 11 is 0. The van der Waals surface area contributed by atoms with E-state index in [4.69, 9.17) is 4.74 Å². The average molecular weight is 242 g/mol. The minimum absolute atomic E-state index is 0.0810. The summed E-state index contributed by atoms with van der Waals surface area (Å²) in [5, 5.41) is 12.7. The highest BCUT2D eigenvalue weighted by molar-refractivity contribution is 5.81. The Morgan fingerprint density at radius 1 is 1.41 bits per heavy atom. The molecule has 0 aromatic heterocycles. The highest BCUT2D eigenvalue weighted by atomic mass is 16.5. The second kappa shape index (κ2) is 5.80. The van der Waals surface area contributed by atoms with Gasteiger partial charge >= 0.3 is 0 Å². The topological polar surface area (TPSA) is 61.8 Å². The van der Waals surface area contributed by atoms with Crippen molar-refractivity contribution in [2.75, 3.05) is 26.7 Å². The smallest absolute Gasteiger partial charge is 0.250 e. The molecule has 98 valence electrons. The molecule has 0 aromatic carbocycles. The zero-order chi connectivity index (χ0) is 12.3. The number of ether oxygens (including phenoxy) is 1. The Morgan fingerprint density at radius 3 is 2.88 bits per heavy atom. The monoisotopic (exact) mass is 242 g/mol. The first-order valence-electron chi connectivity index (χ1n) is 6.45. The van der Waals surface area contributed by atoms with Crippen LogP contribution in [0.3, 0.4) is 0 Å². The van der Waals surface area contributed by atoms with Crippen LogP contribution in [0, 0.1) is 0 Å². The normalized spacial score (nSPS) is 35.5. The van der Waals surface area contributed by atoms with Crippen molar-refractivity contribution in [1.82, 2.24) is 10.2 Å². The summed E-state index contributed by atoms with van der Waals surface area (Å²) < 4.78 is 5.45. The van der Waals surface area contributed by atoms with Gasteiger partial charge in [0.15, 0.2) is 0 Å². The van der Waals surface area contributed by atoms with E-state index in [9.17, 15) is 9.90 Å². The lowest BCUT2D eigenvalue weighted by molar-refractivity contribution is -0.139. The molecule has 1 saturated heterocycles. The lowest BCUT2D eigenvalue weighted by Gasteiger charge is -2.33. The van der Waals surface area contributed by atoms with Crippen LogP contribution < -0.4 is 5.32 Å². The molecule has 17 heavy (non-hydrogen) atoms. The van der Waals surface area contributed by atoms with Gasteiger partial charge in [-0.3, -0.25) is 4.79 Å². The maximum Gasteiger partial charge on any atom is 0.250 e. The van der Waals surface area contributed by atoms with E-state index < -0.39 is 6.10 Å². The molecule has 2 rings (SSSR count). The summed E-state index contributed by atoms with van der Waals surface area (Å²) in [5.41, 5.74) is 0. The van der Waals surface area contributed by atoms with Gasteiger partial charge in [0.05, 0.1) is 18.8 Å². The van der Waals surface area contributed by atoms with Crippen molar-refractivity contribution in [1.29, 1.82) is 0 Å². The molecule has 3 atom stereocenters. The molecule has 1 aliphatic heterocycles. The first-order valence-corrected chi connectivity index (χ1v) is 6.45. The van der Waals surface area contributed by atoms with Crippen molar-refractivity contribution in [3.05, 3.63) is 0 Å². The maximum absolute atomic E-state index is 12.0. The van der Waals surface area contributed by atoms with E-state index in [-0.39, 0.29) is 18.1 Å². The zero-order valence-electron chi connectivity index (χ0n) is 10.4. The van der Waals surface area contributed by atoms with Gasteiger partial charge in [0.1, 0.15) is 6.10 Å². The summed E-state index contributed by atoms with van der Waals surface area (Å²) in [6.45, 7) is 2.10. The number of rotatable bonds is 2. The largest absolute Gasteiger partial charge is 0.391 e. The molecular formula is C12H22N2O3. The maximum atomic E-state index is 12.0. The van der Waals surface area contributed by atoms with Crippen LogP contribution in [0.1, 0.15) is 25.7 Å². The number of likely N-dealkylation sites (N-methyl/N-ethyl adjacent to an activating group) is 1. The molecule has 1 heterocycles. The molecule has 0 aromatic rings. The fourth-order valence-electron chi connectivity index (χ4n) is 2.49. The Hall–Kier alpha value is -0.650. The van der Waals surface area contributed by atoms with Crippen LogP contribution in [0.4, 0.5) is 0 Å². The minimum atomic E-state index is -0.394. The molecule has 0 radical (unpaired) electrons. The first-order chi connectivity index (χ1) is 8.16. The number of nitrogens with one attached hydrogen (secondary N) is 1. The summed E-state index contributed by atoms with van der Waals surface area (Å²) in [4.78, 5) is 14.1. The molecule has 0 unspecified atom stereocenters. The van der Waals surface area contributed by atoms with Crippen LogP contribution in [0.15, 0.2) is 0 Å². The quantitative estimate of drug-likeness (QED) is 0.700. The summed E-state index contributed by atoms with van der Waals surface area (Å²) in [6.07, 6.45) is 3.01. The van der Waals surface area contributed by atoms with E-state index in [1.54, 1.807) is 0 Å². The molecule has 5 heteroatoms. The molecule has 2 fully saturated rings. The van der Waals surface area contributed by atoms with Crippen LogP contribution in [0.2, 0.25) is 0 Å². The van der Waals surface area contributed by atoms with Gasteiger partial charge < -0.3 is 20.1 Å². The van der Waals surface area contributed by atoms with Crippen LogP contribution in [0.5, 0.6) is 0 Å². The van der Waals surface area contributed by atoms with Crippen LogP contribution in [-0.4, -0.2) is 60.9 Å². The number of hydrogen-bond donors (Lipinski definition) is 2. The Morgan fingerprint density at radius 2 is 2.18 bits per heavy atom. The van der Waals surface area contributed by atoms with Crippen molar-refractivity contribution in [3.63, 3.8) is 0 Å². The zero-order valence-corrected chi connectivity index (χ0v) is 10.4. The number of amides is 1. The highest BCUT2D eigenvalue weighted by Crippen LogP contribution is 2.18. The van der Waals surface area contributed by atoms with E-state index in [1.165, 1.54) is 0 Å². The Labute approximate surface area is 102 Å². The van der Waals surface area contributed by atoms with Gasteiger partial charge in [0.2, 0.25) is 0 Å². The molecule has 5 nitrogen and oxygen atoms in total. The summed E-state index contributed by atoms with van der Waals surface area (Å²) in [6, 6.07) is -0.0907. The van der Waals surface area contributed by atoms with Gasteiger partial charge in [-0.25, -0.2) is 0 Å². The third-order valence-corrected chi connectivity index (χ3v) is 3.62. The SMILES string of the molecule is CN1CCO[C@H](C(=O)N[C@H]2CCCC[C@@H]2O)C1. The van der Waals surface area contributed by atoms with Crippen LogP contribution in [0.25, 0.3) is 0 Å². The minimum Gasteiger partial charge on any atom is -0.391 e. The highest BCUT2D eigenvalue weighted by Gasteiger charge is 2.30. The van der Waals surface area contributed by atoms with Crippen molar-refractivity contribution in [3.8, 4) is 0 Å². The standard InChI is InChI=1S/C12H22N2O3/c1-14-6-7-17-11(8-14)12(16)13-9-4-2-3-5-10(9)15/h9-11,15H,2-8H2,1H3,(H,13,16)/t9-,10-,11-/m0/s1. The number of carbonyl (C=O) groups excluding carboxylic acids is 1. The fraction of sp³-hybridized carbons (Fsp3) is 0.917. The van der Waals surface area contributed by atoms with Crippen molar-refractivity contribution >= 4 is 5.91 Å². The second-order valence-corrected chi connectivity index (χ2v) is 5.09.